The zero-order valence-corrected chi connectivity index (χ0v) is 16.8. The van der Waals surface area contributed by atoms with Gasteiger partial charge in [-0.05, 0) is 31.9 Å². The van der Waals surface area contributed by atoms with Gasteiger partial charge in [0.1, 0.15) is 0 Å². The van der Waals surface area contributed by atoms with Crippen LogP contribution in [0.4, 0.5) is 10.8 Å². The number of carbonyl (C=O) groups excluding carboxylic acids is 1. The van der Waals surface area contributed by atoms with Crippen LogP contribution >= 0.6 is 23.1 Å². The van der Waals surface area contributed by atoms with Crippen molar-refractivity contribution in [3.8, 4) is 11.5 Å². The number of hydrogen-bond donors (Lipinski definition) is 2. The molecule has 9 heteroatoms. The molecule has 2 aliphatic rings. The quantitative estimate of drug-likeness (QED) is 0.698. The van der Waals surface area contributed by atoms with E-state index in [1.807, 2.05) is 25.1 Å². The molecule has 2 aromatic rings. The molecule has 1 aliphatic carbocycles. The Morgan fingerprint density at radius 2 is 2.04 bits per heavy atom. The van der Waals surface area contributed by atoms with E-state index < -0.39 is 5.79 Å². The third-order valence-corrected chi connectivity index (χ3v) is 6.51. The lowest BCUT2D eigenvalue weighted by molar-refractivity contribution is -0.113. The summed E-state index contributed by atoms with van der Waals surface area (Å²) < 4.78 is 12.9. The molecule has 4 rings (SSSR count). The van der Waals surface area contributed by atoms with Gasteiger partial charge in [0.2, 0.25) is 11.0 Å². The molecule has 2 N–H and O–H groups in total. The van der Waals surface area contributed by atoms with Crippen LogP contribution in [0, 0.1) is 0 Å². The molecule has 0 radical (unpaired) electrons. The molecule has 0 unspecified atom stereocenters. The summed E-state index contributed by atoms with van der Waals surface area (Å²) in [7, 11) is 0. The highest BCUT2D eigenvalue weighted by atomic mass is 32.2. The van der Waals surface area contributed by atoms with Gasteiger partial charge in [0, 0.05) is 31.1 Å². The van der Waals surface area contributed by atoms with Crippen molar-refractivity contribution >= 4 is 39.8 Å². The standard InChI is InChI=1S/C18H22N4O3S2/c1-2-19-16-21-22-17(27-16)26-11-15(23)20-12-6-7-13-14(10-12)25-18(24-13)8-4-3-5-9-18/h6-7,10H,2-5,8-9,11H2,1H3,(H,19,21)(H,20,23). The number of benzene rings is 1. The summed E-state index contributed by atoms with van der Waals surface area (Å²) >= 11 is 2.82. The molecule has 0 saturated heterocycles. The number of hydrogen-bond acceptors (Lipinski definition) is 8. The molecule has 144 valence electrons. The third-order valence-electron chi connectivity index (χ3n) is 4.50. The number of carbonyl (C=O) groups is 1. The van der Waals surface area contributed by atoms with E-state index in [0.717, 1.165) is 47.4 Å². The summed E-state index contributed by atoms with van der Waals surface area (Å²) in [5, 5.41) is 14.9. The first-order valence-corrected chi connectivity index (χ1v) is 11.0. The maximum absolute atomic E-state index is 12.3. The van der Waals surface area contributed by atoms with Crippen LogP contribution in [0.5, 0.6) is 11.5 Å². The molecular weight excluding hydrogens is 384 g/mol. The topological polar surface area (TPSA) is 85.4 Å². The molecule has 0 atom stereocenters. The van der Waals surface area contributed by atoms with E-state index >= 15 is 0 Å². The lowest BCUT2D eigenvalue weighted by Crippen LogP contribution is -2.40. The van der Waals surface area contributed by atoms with Gasteiger partial charge in [-0.3, -0.25) is 4.79 Å². The molecule has 1 spiro atoms. The van der Waals surface area contributed by atoms with Crippen LogP contribution in [-0.4, -0.2) is 34.2 Å². The Bertz CT molecular complexity index is 821. The highest BCUT2D eigenvalue weighted by Gasteiger charge is 2.42. The van der Waals surface area contributed by atoms with E-state index in [2.05, 4.69) is 20.8 Å². The summed E-state index contributed by atoms with van der Waals surface area (Å²) in [6.07, 6.45) is 5.30. The smallest absolute Gasteiger partial charge is 0.251 e. The average Bonchev–Trinajstić information content (AvgIpc) is 3.24. The fraction of sp³-hybridized carbons (Fsp3) is 0.500. The Balaban J connectivity index is 1.32. The summed E-state index contributed by atoms with van der Waals surface area (Å²) in [4.78, 5) is 12.3. The normalized spacial score (nSPS) is 17.1. The second-order valence-corrected chi connectivity index (χ2v) is 8.78. The Labute approximate surface area is 166 Å². The predicted molar refractivity (Wildman–Crippen MR) is 107 cm³/mol. The molecule has 1 fully saturated rings. The van der Waals surface area contributed by atoms with Gasteiger partial charge in [-0.1, -0.05) is 29.5 Å². The Morgan fingerprint density at radius 1 is 1.22 bits per heavy atom. The molecule has 1 saturated carbocycles. The largest absolute Gasteiger partial charge is 0.448 e. The predicted octanol–water partition coefficient (Wildman–Crippen LogP) is 4.13. The van der Waals surface area contributed by atoms with Crippen molar-refractivity contribution in [3.63, 3.8) is 0 Å². The summed E-state index contributed by atoms with van der Waals surface area (Å²) in [6.45, 7) is 2.80. The number of fused-ring (bicyclic) bond motifs is 1. The lowest BCUT2D eigenvalue weighted by Gasteiger charge is -2.31. The monoisotopic (exact) mass is 406 g/mol. The second kappa shape index (κ2) is 7.93. The van der Waals surface area contributed by atoms with E-state index in [1.165, 1.54) is 29.5 Å². The number of thioether (sulfide) groups is 1. The van der Waals surface area contributed by atoms with Gasteiger partial charge < -0.3 is 20.1 Å². The second-order valence-electron chi connectivity index (χ2n) is 6.58. The lowest BCUT2D eigenvalue weighted by atomic mass is 9.94. The highest BCUT2D eigenvalue weighted by Crippen LogP contribution is 2.46. The van der Waals surface area contributed by atoms with Crippen LogP contribution in [0.3, 0.4) is 0 Å². The van der Waals surface area contributed by atoms with E-state index in [9.17, 15) is 4.79 Å². The number of anilines is 2. The maximum Gasteiger partial charge on any atom is 0.251 e. The Morgan fingerprint density at radius 3 is 2.85 bits per heavy atom. The zero-order valence-electron chi connectivity index (χ0n) is 15.1. The van der Waals surface area contributed by atoms with Crippen molar-refractivity contribution < 1.29 is 14.3 Å². The number of nitrogens with one attached hydrogen (secondary N) is 2. The molecule has 1 aromatic carbocycles. The van der Waals surface area contributed by atoms with Crippen molar-refractivity contribution in [2.75, 3.05) is 22.9 Å². The van der Waals surface area contributed by atoms with Gasteiger partial charge in [-0.15, -0.1) is 10.2 Å². The van der Waals surface area contributed by atoms with Gasteiger partial charge in [-0.25, -0.2) is 0 Å². The molecule has 2 heterocycles. The van der Waals surface area contributed by atoms with Crippen LogP contribution in [0.2, 0.25) is 0 Å². The molecule has 1 aromatic heterocycles. The molecule has 1 amide bonds. The van der Waals surface area contributed by atoms with Crippen LogP contribution < -0.4 is 20.1 Å². The first-order chi connectivity index (χ1) is 13.2. The van der Waals surface area contributed by atoms with Crippen LogP contribution in [0.1, 0.15) is 39.0 Å². The van der Waals surface area contributed by atoms with Crippen molar-refractivity contribution in [1.29, 1.82) is 0 Å². The maximum atomic E-state index is 12.3. The summed E-state index contributed by atoms with van der Waals surface area (Å²) in [5.41, 5.74) is 0.710. The van der Waals surface area contributed by atoms with Crippen LogP contribution in [0.25, 0.3) is 0 Å². The van der Waals surface area contributed by atoms with Crippen molar-refractivity contribution in [2.24, 2.45) is 0 Å². The Kier molecular flexibility index (Phi) is 5.40. The first kappa shape index (κ1) is 18.4. The average molecular weight is 407 g/mol. The molecule has 7 nitrogen and oxygen atoms in total. The minimum atomic E-state index is -0.499. The number of amides is 1. The van der Waals surface area contributed by atoms with Crippen LogP contribution in [0.15, 0.2) is 22.5 Å². The van der Waals surface area contributed by atoms with Crippen molar-refractivity contribution in [1.82, 2.24) is 10.2 Å². The van der Waals surface area contributed by atoms with Crippen molar-refractivity contribution in [3.05, 3.63) is 18.2 Å². The minimum Gasteiger partial charge on any atom is -0.448 e. The van der Waals surface area contributed by atoms with Gasteiger partial charge in [0.15, 0.2) is 15.8 Å². The molecular formula is C18H22N4O3S2. The first-order valence-electron chi connectivity index (χ1n) is 9.18. The van der Waals surface area contributed by atoms with Gasteiger partial charge in [0.05, 0.1) is 5.75 Å². The van der Waals surface area contributed by atoms with E-state index in [0.29, 0.717) is 11.4 Å². The van der Waals surface area contributed by atoms with E-state index in [4.69, 9.17) is 9.47 Å². The third kappa shape index (κ3) is 4.30. The number of ether oxygens (including phenoxy) is 2. The van der Waals surface area contributed by atoms with Gasteiger partial charge in [-0.2, -0.15) is 0 Å². The SMILES string of the molecule is CCNc1nnc(SCC(=O)Nc2ccc3c(c2)OC2(CCCCC2)O3)s1. The van der Waals surface area contributed by atoms with Gasteiger partial charge >= 0.3 is 0 Å². The van der Waals surface area contributed by atoms with Crippen molar-refractivity contribution in [2.45, 2.75) is 49.2 Å². The highest BCUT2D eigenvalue weighted by molar-refractivity contribution is 8.01. The number of rotatable bonds is 6. The van der Waals surface area contributed by atoms with E-state index in [-0.39, 0.29) is 11.7 Å². The van der Waals surface area contributed by atoms with E-state index in [1.54, 1.807) is 0 Å². The minimum absolute atomic E-state index is 0.0913. The Hall–Kier alpha value is -2.00. The van der Waals surface area contributed by atoms with Crippen LogP contribution in [-0.2, 0) is 4.79 Å². The molecule has 27 heavy (non-hydrogen) atoms. The summed E-state index contributed by atoms with van der Waals surface area (Å²) in [6, 6.07) is 5.56. The van der Waals surface area contributed by atoms with Gasteiger partial charge in [0.25, 0.3) is 5.79 Å². The molecule has 1 aliphatic heterocycles. The number of nitrogens with zero attached hydrogens (tertiary/aromatic N) is 2. The fourth-order valence-corrected chi connectivity index (χ4v) is 4.90. The summed E-state index contributed by atoms with van der Waals surface area (Å²) in [5.74, 6) is 1.16. The number of aromatic nitrogens is 2. The fourth-order valence-electron chi connectivity index (χ4n) is 3.28. The zero-order chi connectivity index (χ0) is 18.7. The molecule has 0 bridgehead atoms.